The highest BCUT2D eigenvalue weighted by atomic mass is 33.1. The van der Waals surface area contributed by atoms with Crippen molar-refractivity contribution in [2.24, 2.45) is 5.92 Å². The van der Waals surface area contributed by atoms with Gasteiger partial charge in [-0.2, -0.15) is 0 Å². The van der Waals surface area contributed by atoms with Crippen LogP contribution in [0.4, 0.5) is 5.69 Å². The molecular weight excluding hydrogens is 657 g/mol. The Morgan fingerprint density at radius 3 is 2.50 bits per heavy atom. The van der Waals surface area contributed by atoms with Gasteiger partial charge in [0.15, 0.2) is 30.7 Å². The number of aliphatic hydroxyl groups is 2. The molecule has 0 bridgehead atoms. The first-order valence-corrected chi connectivity index (χ1v) is 20.9. The maximum Gasteiger partial charge on any atom is 0.178 e. The summed E-state index contributed by atoms with van der Waals surface area (Å²) in [7, 11) is 3.96. The van der Waals surface area contributed by atoms with Crippen molar-refractivity contribution in [3.05, 3.63) is 106 Å². The number of anilines is 1. The van der Waals surface area contributed by atoms with Gasteiger partial charge in [0.1, 0.15) is 13.2 Å². The number of aryl methyl sites for hydroxylation is 3. The van der Waals surface area contributed by atoms with E-state index in [1.54, 1.807) is 0 Å². The summed E-state index contributed by atoms with van der Waals surface area (Å²) in [5.74, 6) is 2.69. The van der Waals surface area contributed by atoms with E-state index in [9.17, 15) is 10.2 Å². The number of aromatic nitrogens is 1. The van der Waals surface area contributed by atoms with Crippen LogP contribution < -0.4 is 9.47 Å². The number of nitrogens with zero attached hydrogens (tertiary/aromatic N) is 4. The molecule has 1 aliphatic carbocycles. The molecule has 50 heavy (non-hydrogen) atoms. The minimum atomic E-state index is 0.167. The van der Waals surface area contributed by atoms with E-state index >= 15 is 0 Å². The summed E-state index contributed by atoms with van der Waals surface area (Å²) in [5.41, 5.74) is 11.6. The van der Waals surface area contributed by atoms with Gasteiger partial charge >= 0.3 is 0 Å². The van der Waals surface area contributed by atoms with Crippen molar-refractivity contribution in [3.63, 3.8) is 0 Å². The molecule has 4 rings (SSSR count). The second-order valence-electron chi connectivity index (χ2n) is 13.3. The fourth-order valence-electron chi connectivity index (χ4n) is 6.67. The molecule has 0 fully saturated rings. The summed E-state index contributed by atoms with van der Waals surface area (Å²) in [5, 5.41) is 18.7. The van der Waals surface area contributed by atoms with Crippen LogP contribution in [0.1, 0.15) is 62.9 Å². The maximum atomic E-state index is 9.37. The number of rotatable bonds is 17. The van der Waals surface area contributed by atoms with Crippen LogP contribution in [0.3, 0.4) is 0 Å². The second-order valence-corrected chi connectivity index (χ2v) is 16.0. The van der Waals surface area contributed by atoms with Crippen molar-refractivity contribution < 1.29 is 19.4 Å². The van der Waals surface area contributed by atoms with Gasteiger partial charge in [-0.3, -0.25) is 0 Å². The number of allylic oxidation sites excluding steroid dienone is 7. The minimum absolute atomic E-state index is 0.167. The maximum absolute atomic E-state index is 9.37. The van der Waals surface area contributed by atoms with Crippen molar-refractivity contribution in [3.8, 4) is 0 Å². The van der Waals surface area contributed by atoms with Gasteiger partial charge in [-0.05, 0) is 86.1 Å². The standard InChI is InChI=1S/C42H60N4O2S2/c1-7-43(21-25-47)41-15-13-39(33(3)29-41)11-9-37-17-19-45(35(5)31-37)23-27-49-50-28-24-46-20-18-38(32-36(46)6)10-12-40-14-16-42(30-34(40)4)44(8-2)22-26-48/h9-17,19,29,31-32,34,47-48H,7-8,18,20-28,30H2,1-6H3/q+2. The molecule has 1 atom stereocenters. The number of benzene rings is 1. The average molecular weight is 717 g/mol. The van der Waals surface area contributed by atoms with Gasteiger partial charge in [0.05, 0.1) is 12.4 Å². The molecule has 1 aliphatic heterocycles. The van der Waals surface area contributed by atoms with Crippen LogP contribution in [0, 0.1) is 19.8 Å². The third kappa shape index (κ3) is 11.8. The number of hydrogen-bond donors (Lipinski definition) is 2. The van der Waals surface area contributed by atoms with E-state index in [1.807, 2.05) is 21.6 Å². The Kier molecular flexibility index (Phi) is 16.5. The summed E-state index contributed by atoms with van der Waals surface area (Å²) < 4.78 is 4.63. The molecule has 0 saturated carbocycles. The van der Waals surface area contributed by atoms with E-state index in [1.165, 1.54) is 44.9 Å². The monoisotopic (exact) mass is 716 g/mol. The molecule has 8 heteroatoms. The summed E-state index contributed by atoms with van der Waals surface area (Å²) in [4.78, 5) is 4.73. The summed E-state index contributed by atoms with van der Waals surface area (Å²) >= 11 is 0. The summed E-state index contributed by atoms with van der Waals surface area (Å²) in [6.07, 6.45) is 20.2. The Hall–Kier alpha value is -3.04. The lowest BCUT2D eigenvalue weighted by Gasteiger charge is -2.29. The molecule has 1 aromatic carbocycles. The molecule has 0 amide bonds. The van der Waals surface area contributed by atoms with E-state index in [-0.39, 0.29) is 13.2 Å². The zero-order valence-electron chi connectivity index (χ0n) is 31.3. The first-order valence-electron chi connectivity index (χ1n) is 18.4. The van der Waals surface area contributed by atoms with Crippen LogP contribution in [-0.2, 0) is 6.54 Å². The topological polar surface area (TPSA) is 53.8 Å². The van der Waals surface area contributed by atoms with Crippen LogP contribution in [-0.4, -0.2) is 89.4 Å². The Balaban J connectivity index is 1.19. The lowest BCUT2D eigenvalue weighted by atomic mass is 9.88. The van der Waals surface area contributed by atoms with E-state index in [0.717, 1.165) is 62.8 Å². The first-order chi connectivity index (χ1) is 24.3. The van der Waals surface area contributed by atoms with Gasteiger partial charge in [-0.1, -0.05) is 65.0 Å². The average Bonchev–Trinajstić information content (AvgIpc) is 3.11. The molecule has 0 radical (unpaired) electrons. The second kappa shape index (κ2) is 20.7. The molecule has 2 aromatic rings. The van der Waals surface area contributed by atoms with Gasteiger partial charge in [0, 0.05) is 74.9 Å². The van der Waals surface area contributed by atoms with Crippen molar-refractivity contribution in [2.75, 3.05) is 68.9 Å². The number of hydrogen-bond acceptors (Lipinski definition) is 6. The molecule has 0 spiro atoms. The normalized spacial score (nSPS) is 19.2. The third-order valence-electron chi connectivity index (χ3n) is 9.81. The predicted octanol–water partition coefficient (Wildman–Crippen LogP) is 7.49. The molecule has 1 unspecified atom stereocenters. The Morgan fingerprint density at radius 2 is 1.82 bits per heavy atom. The van der Waals surface area contributed by atoms with E-state index in [4.69, 9.17) is 0 Å². The van der Waals surface area contributed by atoms with Crippen molar-refractivity contribution >= 4 is 45.1 Å². The first kappa shape index (κ1) is 39.7. The molecular formula is C42H60N4O2S2+2. The molecule has 2 N–H and O–H groups in total. The highest BCUT2D eigenvalue weighted by Gasteiger charge is 2.21. The molecule has 1 aromatic heterocycles. The van der Waals surface area contributed by atoms with Crippen LogP contribution in [0.15, 0.2) is 83.8 Å². The highest BCUT2D eigenvalue weighted by Crippen LogP contribution is 2.26. The van der Waals surface area contributed by atoms with Gasteiger partial charge in [-0.25, -0.2) is 9.14 Å². The van der Waals surface area contributed by atoms with Gasteiger partial charge < -0.3 is 20.0 Å². The zero-order chi connectivity index (χ0) is 35.9. The highest BCUT2D eigenvalue weighted by molar-refractivity contribution is 8.76. The quantitative estimate of drug-likeness (QED) is 0.101. The Morgan fingerprint density at radius 1 is 1.00 bits per heavy atom. The lowest BCUT2D eigenvalue weighted by molar-refractivity contribution is -0.698. The van der Waals surface area contributed by atoms with Crippen LogP contribution in [0.2, 0.25) is 0 Å². The Labute approximate surface area is 310 Å². The molecule has 2 aliphatic rings. The zero-order valence-corrected chi connectivity index (χ0v) is 32.9. The predicted molar refractivity (Wildman–Crippen MR) is 218 cm³/mol. The fraction of sp³-hybridized carbons (Fsp3) is 0.476. The fourth-order valence-corrected chi connectivity index (χ4v) is 8.63. The molecule has 270 valence electrons. The molecule has 6 nitrogen and oxygen atoms in total. The molecule has 2 heterocycles. The third-order valence-corrected chi connectivity index (χ3v) is 12.2. The lowest BCUT2D eigenvalue weighted by Crippen LogP contribution is -2.37. The number of pyridine rings is 1. The van der Waals surface area contributed by atoms with Gasteiger partial charge in [0.25, 0.3) is 0 Å². The Bertz CT molecular complexity index is 1610. The van der Waals surface area contributed by atoms with Gasteiger partial charge in [0.2, 0.25) is 0 Å². The number of likely N-dealkylation sites (N-methyl/N-ethyl adjacent to an activating group) is 2. The van der Waals surface area contributed by atoms with Crippen molar-refractivity contribution in [1.82, 2.24) is 4.90 Å². The van der Waals surface area contributed by atoms with Crippen molar-refractivity contribution in [2.45, 2.75) is 60.9 Å². The van der Waals surface area contributed by atoms with Crippen LogP contribution in [0.5, 0.6) is 0 Å². The van der Waals surface area contributed by atoms with E-state index < -0.39 is 0 Å². The van der Waals surface area contributed by atoms with Gasteiger partial charge in [-0.15, -0.1) is 0 Å². The molecule has 0 saturated heterocycles. The van der Waals surface area contributed by atoms with Crippen LogP contribution >= 0.6 is 21.6 Å². The van der Waals surface area contributed by atoms with E-state index in [2.05, 4.69) is 140 Å². The minimum Gasteiger partial charge on any atom is -0.395 e. The SMILES string of the molecule is CCN(CCO)c1ccc(/C=C/c2cc[n+](CCSSCCN3CC/C(=C\C=C4/C=CC(=[N+](CC)CCO)CC4C)C=C3C)c(C)c2)c(C)c1. The number of aliphatic hydroxyl groups excluding tert-OH is 2. The van der Waals surface area contributed by atoms with Crippen molar-refractivity contribution in [1.29, 1.82) is 0 Å². The van der Waals surface area contributed by atoms with E-state index in [0.29, 0.717) is 19.0 Å². The summed E-state index contributed by atoms with van der Waals surface area (Å²) in [6, 6.07) is 11.0. The smallest absolute Gasteiger partial charge is 0.178 e. The van der Waals surface area contributed by atoms with Crippen LogP contribution in [0.25, 0.3) is 12.2 Å². The summed E-state index contributed by atoms with van der Waals surface area (Å²) in [6.45, 7) is 19.9. The largest absolute Gasteiger partial charge is 0.395 e.